The van der Waals surface area contributed by atoms with Crippen molar-refractivity contribution in [2.75, 3.05) is 13.7 Å². The normalized spacial score (nSPS) is 12.6. The predicted octanol–water partition coefficient (Wildman–Crippen LogP) is 2.90. The van der Waals surface area contributed by atoms with Gasteiger partial charge in [0, 0.05) is 6.04 Å². The Hall–Kier alpha value is -1.73. The van der Waals surface area contributed by atoms with Crippen LogP contribution in [0.15, 0.2) is 18.2 Å². The molecule has 1 atom stereocenters. The highest BCUT2D eigenvalue weighted by Crippen LogP contribution is 2.26. The largest absolute Gasteiger partial charge is 0.497 e. The predicted molar refractivity (Wildman–Crippen MR) is 79.9 cm³/mol. The molecule has 20 heavy (non-hydrogen) atoms. The lowest BCUT2D eigenvalue weighted by atomic mass is 9.92. The van der Waals surface area contributed by atoms with Crippen molar-refractivity contribution in [1.29, 1.82) is 5.26 Å². The zero-order valence-electron chi connectivity index (χ0n) is 12.8. The summed E-state index contributed by atoms with van der Waals surface area (Å²) >= 11 is 0. The van der Waals surface area contributed by atoms with Crippen LogP contribution in [0.5, 0.6) is 11.5 Å². The standard InChI is InChI=1S/C16H24N2O2/c1-12(18)9-13-10-14(19-4)5-6-15(13)20-8-7-16(2,3)11-17/h5-6,10,12H,7-9,18H2,1-4H3. The molecule has 4 nitrogen and oxygen atoms in total. The van der Waals surface area contributed by atoms with Gasteiger partial charge in [0.2, 0.25) is 0 Å². The van der Waals surface area contributed by atoms with Gasteiger partial charge in [-0.1, -0.05) is 0 Å². The molecule has 2 N–H and O–H groups in total. The zero-order valence-corrected chi connectivity index (χ0v) is 12.8. The Balaban J connectivity index is 2.76. The molecule has 1 unspecified atom stereocenters. The maximum absolute atomic E-state index is 8.99. The van der Waals surface area contributed by atoms with Gasteiger partial charge in [-0.05, 0) is 57.4 Å². The van der Waals surface area contributed by atoms with E-state index in [4.69, 9.17) is 20.5 Å². The summed E-state index contributed by atoms with van der Waals surface area (Å²) in [6.45, 7) is 6.29. The number of nitrogens with zero attached hydrogens (tertiary/aromatic N) is 1. The van der Waals surface area contributed by atoms with Crippen LogP contribution in [0.25, 0.3) is 0 Å². The quantitative estimate of drug-likeness (QED) is 0.831. The Morgan fingerprint density at radius 2 is 2.10 bits per heavy atom. The smallest absolute Gasteiger partial charge is 0.122 e. The molecule has 0 saturated heterocycles. The molecule has 0 bridgehead atoms. The first-order chi connectivity index (χ1) is 9.38. The summed E-state index contributed by atoms with van der Waals surface area (Å²) in [5.41, 5.74) is 6.53. The number of ether oxygens (including phenoxy) is 2. The van der Waals surface area contributed by atoms with Gasteiger partial charge in [0.15, 0.2) is 0 Å². The lowest BCUT2D eigenvalue weighted by molar-refractivity contribution is 0.261. The first-order valence-electron chi connectivity index (χ1n) is 6.84. The third-order valence-corrected chi connectivity index (χ3v) is 3.10. The topological polar surface area (TPSA) is 68.3 Å². The minimum absolute atomic E-state index is 0.0556. The highest BCUT2D eigenvalue weighted by Gasteiger charge is 2.17. The highest BCUT2D eigenvalue weighted by atomic mass is 16.5. The number of hydrogen-bond acceptors (Lipinski definition) is 4. The van der Waals surface area contributed by atoms with Gasteiger partial charge >= 0.3 is 0 Å². The van der Waals surface area contributed by atoms with Crippen molar-refractivity contribution in [2.24, 2.45) is 11.1 Å². The van der Waals surface area contributed by atoms with E-state index in [1.807, 2.05) is 39.0 Å². The molecule has 4 heteroatoms. The Labute approximate surface area is 121 Å². The van der Waals surface area contributed by atoms with E-state index in [2.05, 4.69) is 6.07 Å². The number of methoxy groups -OCH3 is 1. The van der Waals surface area contributed by atoms with Crippen LogP contribution in [0.2, 0.25) is 0 Å². The summed E-state index contributed by atoms with van der Waals surface area (Å²) in [6.07, 6.45) is 1.42. The van der Waals surface area contributed by atoms with Crippen molar-refractivity contribution in [3.63, 3.8) is 0 Å². The molecule has 0 aliphatic carbocycles. The van der Waals surface area contributed by atoms with E-state index < -0.39 is 0 Å². The number of rotatable bonds is 7. The molecule has 0 aromatic heterocycles. The molecule has 0 saturated carbocycles. The van der Waals surface area contributed by atoms with Crippen LogP contribution < -0.4 is 15.2 Å². The third-order valence-electron chi connectivity index (χ3n) is 3.10. The highest BCUT2D eigenvalue weighted by molar-refractivity contribution is 5.40. The molecule has 0 aliphatic heterocycles. The Bertz CT molecular complexity index is 476. The molecular weight excluding hydrogens is 252 g/mol. The second-order valence-electron chi connectivity index (χ2n) is 5.75. The Morgan fingerprint density at radius 1 is 1.40 bits per heavy atom. The maximum Gasteiger partial charge on any atom is 0.122 e. The minimum atomic E-state index is -0.367. The van der Waals surface area contributed by atoms with Crippen molar-refractivity contribution in [1.82, 2.24) is 0 Å². The average molecular weight is 276 g/mol. The first kappa shape index (κ1) is 16.3. The Kier molecular flexibility index (Phi) is 5.84. The van der Waals surface area contributed by atoms with Gasteiger partial charge in [-0.2, -0.15) is 5.26 Å². The van der Waals surface area contributed by atoms with Crippen LogP contribution in [-0.2, 0) is 6.42 Å². The second-order valence-corrected chi connectivity index (χ2v) is 5.75. The van der Waals surface area contributed by atoms with Crippen LogP contribution in [-0.4, -0.2) is 19.8 Å². The van der Waals surface area contributed by atoms with Crippen LogP contribution in [0, 0.1) is 16.7 Å². The summed E-state index contributed by atoms with van der Waals surface area (Å²) in [6, 6.07) is 8.05. The van der Waals surface area contributed by atoms with E-state index in [1.54, 1.807) is 7.11 Å². The fraction of sp³-hybridized carbons (Fsp3) is 0.562. The third kappa shape index (κ3) is 5.10. The van der Waals surface area contributed by atoms with Gasteiger partial charge in [-0.15, -0.1) is 0 Å². The van der Waals surface area contributed by atoms with E-state index in [0.29, 0.717) is 13.0 Å². The molecule has 0 heterocycles. The summed E-state index contributed by atoms with van der Waals surface area (Å²) in [4.78, 5) is 0. The maximum atomic E-state index is 8.99. The van der Waals surface area contributed by atoms with Crippen molar-refractivity contribution in [2.45, 2.75) is 39.7 Å². The lowest BCUT2D eigenvalue weighted by Gasteiger charge is -2.18. The molecule has 0 fully saturated rings. The summed E-state index contributed by atoms with van der Waals surface area (Å²) in [5, 5.41) is 8.99. The first-order valence-corrected chi connectivity index (χ1v) is 6.84. The van der Waals surface area contributed by atoms with Crippen LogP contribution in [0.4, 0.5) is 0 Å². The van der Waals surface area contributed by atoms with E-state index in [-0.39, 0.29) is 11.5 Å². The number of nitrogens with two attached hydrogens (primary N) is 1. The number of nitriles is 1. The molecule has 1 aromatic rings. The van der Waals surface area contributed by atoms with E-state index >= 15 is 0 Å². The molecule has 0 radical (unpaired) electrons. The minimum Gasteiger partial charge on any atom is -0.497 e. The van der Waals surface area contributed by atoms with Crippen molar-refractivity contribution < 1.29 is 9.47 Å². The van der Waals surface area contributed by atoms with Crippen molar-refractivity contribution >= 4 is 0 Å². The van der Waals surface area contributed by atoms with E-state index in [9.17, 15) is 0 Å². The second kappa shape index (κ2) is 7.16. The molecule has 1 aromatic carbocycles. The number of hydrogen-bond donors (Lipinski definition) is 1. The van der Waals surface area contributed by atoms with Crippen molar-refractivity contribution in [3.05, 3.63) is 23.8 Å². The van der Waals surface area contributed by atoms with E-state index in [0.717, 1.165) is 23.5 Å². The van der Waals surface area contributed by atoms with Crippen LogP contribution in [0.1, 0.15) is 32.8 Å². The Morgan fingerprint density at radius 3 is 2.65 bits per heavy atom. The fourth-order valence-corrected chi connectivity index (χ4v) is 1.80. The lowest BCUT2D eigenvalue weighted by Crippen LogP contribution is -2.19. The summed E-state index contributed by atoms with van der Waals surface area (Å²) in [5.74, 6) is 1.61. The zero-order chi connectivity index (χ0) is 15.2. The molecule has 0 spiro atoms. The summed E-state index contributed by atoms with van der Waals surface area (Å²) < 4.78 is 11.0. The van der Waals surface area contributed by atoms with Gasteiger partial charge in [0.1, 0.15) is 11.5 Å². The van der Waals surface area contributed by atoms with Gasteiger partial charge in [0.05, 0.1) is 25.2 Å². The van der Waals surface area contributed by atoms with Gasteiger partial charge in [-0.25, -0.2) is 0 Å². The van der Waals surface area contributed by atoms with Crippen LogP contribution >= 0.6 is 0 Å². The van der Waals surface area contributed by atoms with Gasteiger partial charge in [0.25, 0.3) is 0 Å². The molecular formula is C16H24N2O2. The van der Waals surface area contributed by atoms with Gasteiger partial charge in [-0.3, -0.25) is 0 Å². The average Bonchev–Trinajstić information content (AvgIpc) is 2.39. The van der Waals surface area contributed by atoms with Gasteiger partial charge < -0.3 is 15.2 Å². The monoisotopic (exact) mass is 276 g/mol. The fourth-order valence-electron chi connectivity index (χ4n) is 1.80. The van der Waals surface area contributed by atoms with Crippen molar-refractivity contribution in [3.8, 4) is 17.6 Å². The molecule has 1 rings (SSSR count). The molecule has 0 amide bonds. The molecule has 110 valence electrons. The van der Waals surface area contributed by atoms with E-state index in [1.165, 1.54) is 0 Å². The molecule has 0 aliphatic rings. The summed E-state index contributed by atoms with van der Waals surface area (Å²) in [7, 11) is 1.64. The van der Waals surface area contributed by atoms with Crippen LogP contribution in [0.3, 0.4) is 0 Å². The SMILES string of the molecule is COc1ccc(OCCC(C)(C)C#N)c(CC(C)N)c1. The number of benzene rings is 1.